The lowest BCUT2D eigenvalue weighted by atomic mass is 10.0. The molecule has 0 aromatic carbocycles. The van der Waals surface area contributed by atoms with Crippen molar-refractivity contribution >= 4 is 23.4 Å². The van der Waals surface area contributed by atoms with Crippen LogP contribution in [0.3, 0.4) is 0 Å². The van der Waals surface area contributed by atoms with Gasteiger partial charge in [-0.15, -0.1) is 0 Å². The molecule has 0 radical (unpaired) electrons. The molecule has 1 unspecified atom stereocenters. The van der Waals surface area contributed by atoms with Gasteiger partial charge < -0.3 is 20.3 Å². The molecule has 1 fully saturated rings. The topological polar surface area (TPSA) is 109 Å². The molecule has 9 nitrogen and oxygen atoms in total. The largest absolute Gasteiger partial charge is 0.365 e. The number of morpholine rings is 1. The quantitative estimate of drug-likeness (QED) is 0.524. The number of carbonyl (C=O) groups is 2. The van der Waals surface area contributed by atoms with Gasteiger partial charge in [0.1, 0.15) is 23.3 Å². The second-order valence-electron chi connectivity index (χ2n) is 6.73. The Labute approximate surface area is 179 Å². The number of hydrogen-bond acceptors (Lipinski definition) is 7. The maximum Gasteiger partial charge on any atom is 0.269 e. The van der Waals surface area contributed by atoms with Gasteiger partial charge >= 0.3 is 0 Å². The van der Waals surface area contributed by atoms with Crippen LogP contribution in [0.5, 0.6) is 0 Å². The maximum absolute atomic E-state index is 12.2. The van der Waals surface area contributed by atoms with E-state index in [4.69, 9.17) is 16.3 Å². The van der Waals surface area contributed by atoms with Crippen LogP contribution in [-0.4, -0.2) is 71.5 Å². The summed E-state index contributed by atoms with van der Waals surface area (Å²) in [5.74, 6) is -0.485. The van der Waals surface area contributed by atoms with Gasteiger partial charge in [0.05, 0.1) is 24.0 Å². The van der Waals surface area contributed by atoms with E-state index < -0.39 is 6.10 Å². The predicted molar refractivity (Wildman–Crippen MR) is 112 cm³/mol. The van der Waals surface area contributed by atoms with E-state index in [0.29, 0.717) is 31.0 Å². The molecule has 0 spiro atoms. The number of hydrogen-bond donors (Lipinski definition) is 2. The predicted octanol–water partition coefficient (Wildman–Crippen LogP) is 1.23. The summed E-state index contributed by atoms with van der Waals surface area (Å²) in [7, 11) is 3.35. The highest BCUT2D eigenvalue weighted by molar-refractivity contribution is 6.29. The van der Waals surface area contributed by atoms with E-state index in [1.54, 1.807) is 23.1 Å². The van der Waals surface area contributed by atoms with E-state index in [0.717, 1.165) is 5.56 Å². The maximum atomic E-state index is 12.2. The first-order valence-electron chi connectivity index (χ1n) is 9.38. The van der Waals surface area contributed by atoms with E-state index >= 15 is 0 Å². The number of likely N-dealkylation sites (N-methyl/N-ethyl adjacent to an activating group) is 1. The second kappa shape index (κ2) is 9.75. The molecule has 30 heavy (non-hydrogen) atoms. The van der Waals surface area contributed by atoms with Crippen LogP contribution in [0.4, 0.5) is 0 Å². The van der Waals surface area contributed by atoms with Gasteiger partial charge in [0.15, 0.2) is 0 Å². The lowest BCUT2D eigenvalue weighted by Crippen LogP contribution is -2.49. The molecular weight excluding hydrogens is 408 g/mol. The summed E-state index contributed by atoms with van der Waals surface area (Å²) in [5, 5.41) is 5.85. The van der Waals surface area contributed by atoms with Crippen LogP contribution in [0.1, 0.15) is 22.2 Å². The van der Waals surface area contributed by atoms with Gasteiger partial charge in [0.25, 0.3) is 5.91 Å². The van der Waals surface area contributed by atoms with Crippen LogP contribution in [0.2, 0.25) is 5.15 Å². The minimum Gasteiger partial charge on any atom is -0.365 e. The van der Waals surface area contributed by atoms with Crippen LogP contribution in [0.25, 0.3) is 11.4 Å². The lowest BCUT2D eigenvalue weighted by molar-refractivity contribution is -0.140. The average molecular weight is 431 g/mol. The van der Waals surface area contributed by atoms with Crippen LogP contribution >= 0.6 is 11.6 Å². The molecule has 2 amide bonds. The summed E-state index contributed by atoms with van der Waals surface area (Å²) in [6.45, 7) is 4.99. The van der Waals surface area contributed by atoms with E-state index in [-0.39, 0.29) is 28.8 Å². The highest BCUT2D eigenvalue weighted by Crippen LogP contribution is 2.29. The SMILES string of the molecule is C=CC(=O)N1CC(CNC)O[C@H](c2cc(Cl)nc(-c3cc(C(=O)NC)ncn3)c2)C1. The van der Waals surface area contributed by atoms with Crippen molar-refractivity contribution in [1.29, 1.82) is 0 Å². The van der Waals surface area contributed by atoms with Gasteiger partial charge in [-0.1, -0.05) is 18.2 Å². The molecule has 0 bridgehead atoms. The lowest BCUT2D eigenvalue weighted by Gasteiger charge is -2.38. The highest BCUT2D eigenvalue weighted by Gasteiger charge is 2.31. The second-order valence-corrected chi connectivity index (χ2v) is 7.12. The fraction of sp³-hybridized carbons (Fsp3) is 0.350. The van der Waals surface area contributed by atoms with Crippen molar-refractivity contribution in [2.75, 3.05) is 33.7 Å². The number of pyridine rings is 1. The Morgan fingerprint density at radius 2 is 2.07 bits per heavy atom. The number of rotatable bonds is 6. The zero-order valence-corrected chi connectivity index (χ0v) is 17.5. The van der Waals surface area contributed by atoms with Crippen molar-refractivity contribution < 1.29 is 14.3 Å². The summed E-state index contributed by atoms with van der Waals surface area (Å²) < 4.78 is 6.19. The Balaban J connectivity index is 1.95. The molecule has 3 heterocycles. The molecule has 158 valence electrons. The number of nitrogens with zero attached hydrogens (tertiary/aromatic N) is 4. The van der Waals surface area contributed by atoms with Gasteiger partial charge in [0, 0.05) is 20.1 Å². The van der Waals surface area contributed by atoms with Crippen molar-refractivity contribution in [3.8, 4) is 11.4 Å². The van der Waals surface area contributed by atoms with Crippen molar-refractivity contribution in [2.24, 2.45) is 0 Å². The molecule has 2 atom stereocenters. The van der Waals surface area contributed by atoms with E-state index in [1.165, 1.54) is 19.5 Å². The molecule has 10 heteroatoms. The minimum absolute atomic E-state index is 0.157. The Morgan fingerprint density at radius 3 is 2.77 bits per heavy atom. The minimum atomic E-state index is -0.402. The normalized spacial score (nSPS) is 18.7. The molecule has 2 aromatic heterocycles. The number of amides is 2. The first-order valence-corrected chi connectivity index (χ1v) is 9.76. The van der Waals surface area contributed by atoms with Crippen molar-refractivity contribution in [2.45, 2.75) is 12.2 Å². The van der Waals surface area contributed by atoms with Crippen LogP contribution in [0.15, 0.2) is 37.2 Å². The first-order chi connectivity index (χ1) is 14.4. The molecule has 1 aliphatic heterocycles. The summed E-state index contributed by atoms with van der Waals surface area (Å²) in [6, 6.07) is 5.04. The molecule has 3 rings (SSSR count). The molecule has 1 saturated heterocycles. The van der Waals surface area contributed by atoms with Crippen molar-refractivity contribution in [1.82, 2.24) is 30.5 Å². The first kappa shape index (κ1) is 21.8. The molecule has 1 aliphatic rings. The summed E-state index contributed by atoms with van der Waals surface area (Å²) in [5.41, 5.74) is 1.91. The molecular formula is C20H23ClN6O3. The monoisotopic (exact) mass is 430 g/mol. The fourth-order valence-electron chi connectivity index (χ4n) is 3.26. The highest BCUT2D eigenvalue weighted by atomic mass is 35.5. The summed E-state index contributed by atoms with van der Waals surface area (Å²) in [6.07, 6.45) is 2.00. The fourth-order valence-corrected chi connectivity index (χ4v) is 3.47. The number of ether oxygens (including phenoxy) is 1. The van der Waals surface area contributed by atoms with Crippen LogP contribution in [0, 0.1) is 0 Å². The Kier molecular flexibility index (Phi) is 7.09. The van der Waals surface area contributed by atoms with Crippen LogP contribution < -0.4 is 10.6 Å². The standard InChI is InChI=1S/C20H23ClN6O3/c1-4-19(28)27-9-13(8-22-2)30-17(10-27)12-5-15(26-18(21)6-12)14-7-16(20(29)23-3)25-11-24-14/h4-7,11,13,17,22H,1,8-10H2,2-3H3,(H,23,29)/t13?,17-/m0/s1. The zero-order chi connectivity index (χ0) is 21.7. The summed E-state index contributed by atoms with van der Waals surface area (Å²) in [4.78, 5) is 38.3. The van der Waals surface area contributed by atoms with Gasteiger partial charge in [-0.2, -0.15) is 0 Å². The Morgan fingerprint density at radius 1 is 1.27 bits per heavy atom. The number of nitrogens with one attached hydrogen (secondary N) is 2. The Hall–Kier alpha value is -2.88. The van der Waals surface area contributed by atoms with Crippen molar-refractivity contribution in [3.05, 3.63) is 53.6 Å². The van der Waals surface area contributed by atoms with E-state index in [9.17, 15) is 9.59 Å². The molecule has 0 saturated carbocycles. The van der Waals surface area contributed by atoms with Gasteiger partial charge in [-0.3, -0.25) is 9.59 Å². The number of halogens is 1. The van der Waals surface area contributed by atoms with E-state index in [1.807, 2.05) is 7.05 Å². The molecule has 2 N–H and O–H groups in total. The third-order valence-electron chi connectivity index (χ3n) is 4.66. The van der Waals surface area contributed by atoms with Gasteiger partial charge in [-0.05, 0) is 36.9 Å². The smallest absolute Gasteiger partial charge is 0.269 e. The molecule has 0 aliphatic carbocycles. The average Bonchev–Trinajstić information content (AvgIpc) is 2.77. The Bertz CT molecular complexity index is 954. The van der Waals surface area contributed by atoms with Crippen LogP contribution in [-0.2, 0) is 9.53 Å². The number of carbonyl (C=O) groups excluding carboxylic acids is 2. The van der Waals surface area contributed by atoms with E-state index in [2.05, 4.69) is 32.2 Å². The molecule has 2 aromatic rings. The van der Waals surface area contributed by atoms with Crippen molar-refractivity contribution in [3.63, 3.8) is 0 Å². The van der Waals surface area contributed by atoms with Gasteiger partial charge in [-0.25, -0.2) is 15.0 Å². The third-order valence-corrected chi connectivity index (χ3v) is 4.86. The third kappa shape index (κ3) is 4.99. The van der Waals surface area contributed by atoms with Gasteiger partial charge in [0.2, 0.25) is 5.91 Å². The summed E-state index contributed by atoms with van der Waals surface area (Å²) >= 11 is 6.27. The number of aromatic nitrogens is 3. The zero-order valence-electron chi connectivity index (χ0n) is 16.8.